The van der Waals surface area contributed by atoms with Gasteiger partial charge in [0, 0.05) is 12.4 Å². The quantitative estimate of drug-likeness (QED) is 0.795. The summed E-state index contributed by atoms with van der Waals surface area (Å²) in [6.45, 7) is 0. The minimum atomic E-state index is -0.506. The van der Waals surface area contributed by atoms with Gasteiger partial charge in [-0.2, -0.15) is 0 Å². The molecule has 0 bridgehead atoms. The van der Waals surface area contributed by atoms with Gasteiger partial charge < -0.3 is 9.47 Å². The summed E-state index contributed by atoms with van der Waals surface area (Å²) in [6, 6.07) is 1.74. The highest BCUT2D eigenvalue weighted by Gasteiger charge is 2.21. The van der Waals surface area contributed by atoms with Crippen molar-refractivity contribution >= 4 is 32.9 Å². The minimum Gasteiger partial charge on any atom is -0.495 e. The third-order valence-electron chi connectivity index (χ3n) is 2.26. The molecule has 6 heteroatoms. The molecule has 0 aliphatic rings. The molecule has 0 amide bonds. The minimum absolute atomic E-state index is 0.271. The molecule has 0 spiro atoms. The number of methoxy groups -OCH3 is 2. The van der Waals surface area contributed by atoms with Gasteiger partial charge in [-0.15, -0.1) is 0 Å². The number of fused-ring (bicyclic) bond motifs is 1. The molecule has 0 aliphatic heterocycles. The van der Waals surface area contributed by atoms with Gasteiger partial charge in [-0.1, -0.05) is 0 Å². The average Bonchev–Trinajstić information content (AvgIpc) is 2.36. The van der Waals surface area contributed by atoms with E-state index in [4.69, 9.17) is 9.47 Å². The first-order chi connectivity index (χ1) is 8.19. The zero-order valence-corrected chi connectivity index (χ0v) is 10.8. The number of hydrogen-bond acceptors (Lipinski definition) is 5. The molecule has 5 nitrogen and oxygen atoms in total. The maximum absolute atomic E-state index is 11.8. The maximum Gasteiger partial charge on any atom is 0.344 e. The van der Waals surface area contributed by atoms with Crippen LogP contribution in [-0.4, -0.2) is 30.2 Å². The van der Waals surface area contributed by atoms with E-state index in [0.717, 1.165) is 0 Å². The third kappa shape index (κ3) is 1.95. The summed E-state index contributed by atoms with van der Waals surface area (Å²) in [5, 5.41) is 0. The number of carbonyl (C=O) groups is 1. The van der Waals surface area contributed by atoms with Crippen molar-refractivity contribution in [2.24, 2.45) is 0 Å². The highest BCUT2D eigenvalue weighted by molar-refractivity contribution is 9.10. The SMILES string of the molecule is COC(=O)c1c(OC)c(Br)cc2nccnc12. The Balaban J connectivity index is 2.86. The van der Waals surface area contributed by atoms with E-state index >= 15 is 0 Å². The largest absolute Gasteiger partial charge is 0.495 e. The number of benzene rings is 1. The van der Waals surface area contributed by atoms with Crippen LogP contribution in [0, 0.1) is 0 Å². The molecule has 88 valence electrons. The summed E-state index contributed by atoms with van der Waals surface area (Å²) in [7, 11) is 2.79. The van der Waals surface area contributed by atoms with Crippen molar-refractivity contribution in [2.45, 2.75) is 0 Å². The smallest absolute Gasteiger partial charge is 0.344 e. The fourth-order valence-corrected chi connectivity index (χ4v) is 2.13. The monoisotopic (exact) mass is 296 g/mol. The predicted molar refractivity (Wildman–Crippen MR) is 65.1 cm³/mol. The van der Waals surface area contributed by atoms with Crippen LogP contribution in [0.4, 0.5) is 0 Å². The first kappa shape index (κ1) is 11.8. The van der Waals surface area contributed by atoms with Gasteiger partial charge >= 0.3 is 5.97 Å². The number of esters is 1. The number of rotatable bonds is 2. The molecule has 0 saturated carbocycles. The summed E-state index contributed by atoms with van der Waals surface area (Å²) < 4.78 is 10.6. The van der Waals surface area contributed by atoms with Gasteiger partial charge in [0.25, 0.3) is 0 Å². The maximum atomic E-state index is 11.8. The summed E-state index contributed by atoms with van der Waals surface area (Å²) in [6.07, 6.45) is 3.07. The highest BCUT2D eigenvalue weighted by atomic mass is 79.9. The van der Waals surface area contributed by atoms with Crippen LogP contribution in [-0.2, 0) is 4.74 Å². The van der Waals surface area contributed by atoms with E-state index < -0.39 is 5.97 Å². The zero-order valence-electron chi connectivity index (χ0n) is 9.23. The predicted octanol–water partition coefficient (Wildman–Crippen LogP) is 2.19. The molecular weight excluding hydrogens is 288 g/mol. The number of halogens is 1. The van der Waals surface area contributed by atoms with Gasteiger partial charge in [-0.05, 0) is 22.0 Å². The van der Waals surface area contributed by atoms with E-state index in [1.807, 2.05) is 0 Å². The Morgan fingerprint density at radius 3 is 2.65 bits per heavy atom. The van der Waals surface area contributed by atoms with Crippen LogP contribution in [0.25, 0.3) is 11.0 Å². The molecule has 0 unspecified atom stereocenters. The number of carbonyl (C=O) groups excluding carboxylic acids is 1. The van der Waals surface area contributed by atoms with Crippen LogP contribution in [0.15, 0.2) is 22.9 Å². The molecule has 2 aromatic rings. The number of hydrogen-bond donors (Lipinski definition) is 0. The standard InChI is InChI=1S/C11H9BrN2O3/c1-16-10-6(12)5-7-9(14-4-3-13-7)8(10)11(15)17-2/h3-5H,1-2H3. The normalized spacial score (nSPS) is 10.3. The van der Waals surface area contributed by atoms with Crippen molar-refractivity contribution in [2.75, 3.05) is 14.2 Å². The number of ether oxygens (including phenoxy) is 2. The molecule has 0 radical (unpaired) electrons. The van der Waals surface area contributed by atoms with Crippen molar-refractivity contribution in [3.05, 3.63) is 28.5 Å². The van der Waals surface area contributed by atoms with Crippen LogP contribution >= 0.6 is 15.9 Å². The molecule has 17 heavy (non-hydrogen) atoms. The Morgan fingerprint density at radius 2 is 2.00 bits per heavy atom. The summed E-state index contributed by atoms with van der Waals surface area (Å²) in [4.78, 5) is 20.0. The molecule has 0 saturated heterocycles. The number of nitrogens with zero attached hydrogens (tertiary/aromatic N) is 2. The third-order valence-corrected chi connectivity index (χ3v) is 2.85. The van der Waals surface area contributed by atoms with E-state index in [9.17, 15) is 4.79 Å². The van der Waals surface area contributed by atoms with E-state index in [1.165, 1.54) is 20.4 Å². The lowest BCUT2D eigenvalue weighted by molar-refractivity contribution is 0.0599. The topological polar surface area (TPSA) is 61.3 Å². The van der Waals surface area contributed by atoms with Gasteiger partial charge in [0.1, 0.15) is 16.8 Å². The van der Waals surface area contributed by atoms with Crippen molar-refractivity contribution in [1.82, 2.24) is 9.97 Å². The lowest BCUT2D eigenvalue weighted by atomic mass is 10.1. The highest BCUT2D eigenvalue weighted by Crippen LogP contribution is 2.34. The first-order valence-electron chi connectivity index (χ1n) is 4.74. The van der Waals surface area contributed by atoms with Crippen molar-refractivity contribution < 1.29 is 14.3 Å². The van der Waals surface area contributed by atoms with Crippen LogP contribution in [0.5, 0.6) is 5.75 Å². The summed E-state index contributed by atoms with van der Waals surface area (Å²) >= 11 is 3.33. The van der Waals surface area contributed by atoms with Gasteiger partial charge in [-0.25, -0.2) is 4.79 Å². The Hall–Kier alpha value is -1.69. The second kappa shape index (κ2) is 4.67. The van der Waals surface area contributed by atoms with Crippen LogP contribution < -0.4 is 4.74 Å². The summed E-state index contributed by atoms with van der Waals surface area (Å²) in [5.41, 5.74) is 1.33. The van der Waals surface area contributed by atoms with E-state index in [1.54, 1.807) is 12.3 Å². The van der Waals surface area contributed by atoms with Crippen LogP contribution in [0.2, 0.25) is 0 Å². The van der Waals surface area contributed by atoms with Crippen molar-refractivity contribution in [3.8, 4) is 5.75 Å². The Kier molecular flexibility index (Phi) is 3.23. The van der Waals surface area contributed by atoms with E-state index in [0.29, 0.717) is 21.3 Å². The number of aromatic nitrogens is 2. The molecule has 0 aliphatic carbocycles. The van der Waals surface area contributed by atoms with Gasteiger partial charge in [0.05, 0.1) is 24.2 Å². The molecule has 0 fully saturated rings. The fourth-order valence-electron chi connectivity index (χ4n) is 1.55. The lowest BCUT2D eigenvalue weighted by Crippen LogP contribution is -2.07. The fraction of sp³-hybridized carbons (Fsp3) is 0.182. The molecule has 1 aromatic heterocycles. The van der Waals surface area contributed by atoms with Crippen molar-refractivity contribution in [1.29, 1.82) is 0 Å². The molecule has 0 N–H and O–H groups in total. The second-order valence-electron chi connectivity index (χ2n) is 3.18. The van der Waals surface area contributed by atoms with Gasteiger partial charge in [-0.3, -0.25) is 9.97 Å². The van der Waals surface area contributed by atoms with Crippen LogP contribution in [0.3, 0.4) is 0 Å². The molecule has 2 rings (SSSR count). The van der Waals surface area contributed by atoms with E-state index in [-0.39, 0.29) is 5.56 Å². The van der Waals surface area contributed by atoms with Gasteiger partial charge in [0.2, 0.25) is 0 Å². The molecule has 0 atom stereocenters. The Morgan fingerprint density at radius 1 is 1.29 bits per heavy atom. The zero-order chi connectivity index (χ0) is 12.4. The van der Waals surface area contributed by atoms with E-state index in [2.05, 4.69) is 25.9 Å². The second-order valence-corrected chi connectivity index (χ2v) is 4.04. The summed E-state index contributed by atoms with van der Waals surface area (Å²) in [5.74, 6) is -0.112. The molecule has 1 aromatic carbocycles. The molecule has 1 heterocycles. The van der Waals surface area contributed by atoms with Crippen molar-refractivity contribution in [3.63, 3.8) is 0 Å². The Labute approximate surface area is 106 Å². The average molecular weight is 297 g/mol. The lowest BCUT2D eigenvalue weighted by Gasteiger charge is -2.10. The molecular formula is C11H9BrN2O3. The first-order valence-corrected chi connectivity index (χ1v) is 5.54. The van der Waals surface area contributed by atoms with Crippen LogP contribution in [0.1, 0.15) is 10.4 Å². The Bertz CT molecular complexity index is 586. The van der Waals surface area contributed by atoms with Gasteiger partial charge in [0.15, 0.2) is 0 Å².